The number of likely N-dealkylation sites (tertiary alicyclic amines) is 1. The van der Waals surface area contributed by atoms with Crippen LogP contribution >= 0.6 is 0 Å². The zero-order valence-corrected chi connectivity index (χ0v) is 13.4. The highest BCUT2D eigenvalue weighted by molar-refractivity contribution is 5.41. The first-order valence-corrected chi connectivity index (χ1v) is 7.90. The second-order valence-corrected chi connectivity index (χ2v) is 6.31. The van der Waals surface area contributed by atoms with Gasteiger partial charge in [-0.25, -0.2) is 0 Å². The van der Waals surface area contributed by atoms with Crippen molar-refractivity contribution >= 4 is 0 Å². The summed E-state index contributed by atoms with van der Waals surface area (Å²) in [6.07, 6.45) is 2.57. The molecule has 1 aromatic rings. The monoisotopic (exact) mass is 292 g/mol. The lowest BCUT2D eigenvalue weighted by atomic mass is 9.97. The van der Waals surface area contributed by atoms with Gasteiger partial charge in [0.15, 0.2) is 11.5 Å². The first-order valence-electron chi connectivity index (χ1n) is 7.90. The molecule has 21 heavy (non-hydrogen) atoms. The Morgan fingerprint density at radius 3 is 2.90 bits per heavy atom. The molecular weight excluding hydrogens is 264 g/mol. The van der Waals surface area contributed by atoms with Crippen molar-refractivity contribution in [3.8, 4) is 11.5 Å². The lowest BCUT2D eigenvalue weighted by molar-refractivity contribution is 0.163. The van der Waals surface area contributed by atoms with Crippen LogP contribution in [0.1, 0.15) is 32.3 Å². The van der Waals surface area contributed by atoms with Gasteiger partial charge in [0.05, 0.1) is 7.11 Å². The maximum absolute atomic E-state index is 9.86. The van der Waals surface area contributed by atoms with Crippen LogP contribution in [-0.4, -0.2) is 42.8 Å². The molecule has 0 saturated carbocycles. The quantitative estimate of drug-likeness (QED) is 0.846. The third-order valence-electron chi connectivity index (χ3n) is 4.07. The van der Waals surface area contributed by atoms with E-state index in [1.165, 1.54) is 12.8 Å². The minimum atomic E-state index is 0.227. The van der Waals surface area contributed by atoms with E-state index in [1.807, 2.05) is 18.2 Å². The van der Waals surface area contributed by atoms with Gasteiger partial charge in [0.1, 0.15) is 0 Å². The zero-order chi connectivity index (χ0) is 15.2. The summed E-state index contributed by atoms with van der Waals surface area (Å²) in [6, 6.07) is 6.24. The molecule has 0 aliphatic carbocycles. The van der Waals surface area contributed by atoms with Crippen molar-refractivity contribution in [1.82, 2.24) is 10.2 Å². The third kappa shape index (κ3) is 4.90. The van der Waals surface area contributed by atoms with Crippen molar-refractivity contribution in [2.45, 2.75) is 39.3 Å². The van der Waals surface area contributed by atoms with Crippen LogP contribution in [0, 0.1) is 5.92 Å². The number of phenols is 1. The van der Waals surface area contributed by atoms with E-state index in [1.54, 1.807) is 7.11 Å². The topological polar surface area (TPSA) is 44.7 Å². The van der Waals surface area contributed by atoms with Crippen LogP contribution in [0.3, 0.4) is 0 Å². The normalized spacial score (nSPS) is 19.9. The average molecular weight is 292 g/mol. The molecule has 1 aliphatic heterocycles. The van der Waals surface area contributed by atoms with Crippen molar-refractivity contribution in [1.29, 1.82) is 0 Å². The smallest absolute Gasteiger partial charge is 0.160 e. The van der Waals surface area contributed by atoms with Crippen molar-refractivity contribution in [3.05, 3.63) is 23.8 Å². The van der Waals surface area contributed by atoms with E-state index in [4.69, 9.17) is 4.74 Å². The van der Waals surface area contributed by atoms with Gasteiger partial charge >= 0.3 is 0 Å². The van der Waals surface area contributed by atoms with Gasteiger partial charge in [-0.3, -0.25) is 4.90 Å². The standard InChI is InChI=1S/C17H28N2O2/c1-13(2)18-10-15-5-4-8-19(12-15)11-14-6-7-17(21-3)16(20)9-14/h6-7,9,13,15,18,20H,4-5,8,10-12H2,1-3H3. The van der Waals surface area contributed by atoms with Crippen molar-refractivity contribution in [3.63, 3.8) is 0 Å². The van der Waals surface area contributed by atoms with Gasteiger partial charge in [0, 0.05) is 19.1 Å². The van der Waals surface area contributed by atoms with Crippen LogP contribution in [-0.2, 0) is 6.54 Å². The van der Waals surface area contributed by atoms with Crippen LogP contribution < -0.4 is 10.1 Å². The molecule has 1 heterocycles. The van der Waals surface area contributed by atoms with Crippen LogP contribution in [0.25, 0.3) is 0 Å². The molecule has 1 saturated heterocycles. The highest BCUT2D eigenvalue weighted by Gasteiger charge is 2.20. The number of nitrogens with zero attached hydrogens (tertiary/aromatic N) is 1. The molecule has 1 fully saturated rings. The van der Waals surface area contributed by atoms with E-state index in [2.05, 4.69) is 24.1 Å². The SMILES string of the molecule is COc1ccc(CN2CCCC(CNC(C)C)C2)cc1O. The van der Waals surface area contributed by atoms with Crippen molar-refractivity contribution in [2.75, 3.05) is 26.7 Å². The summed E-state index contributed by atoms with van der Waals surface area (Å²) in [4.78, 5) is 2.48. The molecule has 118 valence electrons. The van der Waals surface area contributed by atoms with E-state index in [-0.39, 0.29) is 5.75 Å². The summed E-state index contributed by atoms with van der Waals surface area (Å²) in [7, 11) is 1.58. The van der Waals surface area contributed by atoms with Crippen LogP contribution in [0.15, 0.2) is 18.2 Å². The Labute approximate surface area is 128 Å². The predicted octanol–water partition coefficient (Wildman–Crippen LogP) is 2.61. The molecule has 1 aliphatic rings. The second kappa shape index (κ2) is 7.66. The van der Waals surface area contributed by atoms with Crippen molar-refractivity contribution in [2.24, 2.45) is 5.92 Å². The Balaban J connectivity index is 1.88. The number of hydrogen-bond donors (Lipinski definition) is 2. The number of piperidine rings is 1. The molecule has 4 nitrogen and oxygen atoms in total. The van der Waals surface area contributed by atoms with Gasteiger partial charge < -0.3 is 15.2 Å². The zero-order valence-electron chi connectivity index (χ0n) is 13.4. The van der Waals surface area contributed by atoms with E-state index < -0.39 is 0 Å². The molecule has 2 rings (SSSR count). The van der Waals surface area contributed by atoms with Gasteiger partial charge in [-0.05, 0) is 49.5 Å². The Kier molecular flexibility index (Phi) is 5.88. The van der Waals surface area contributed by atoms with E-state index >= 15 is 0 Å². The number of benzene rings is 1. The van der Waals surface area contributed by atoms with Crippen molar-refractivity contribution < 1.29 is 9.84 Å². The molecule has 1 aromatic carbocycles. The van der Waals surface area contributed by atoms with Crippen LogP contribution in [0.4, 0.5) is 0 Å². The number of methoxy groups -OCH3 is 1. The number of ether oxygens (including phenoxy) is 1. The number of aromatic hydroxyl groups is 1. The predicted molar refractivity (Wildman–Crippen MR) is 85.8 cm³/mol. The first kappa shape index (κ1) is 16.1. The first-order chi connectivity index (χ1) is 10.1. The number of rotatable bonds is 6. The minimum Gasteiger partial charge on any atom is -0.504 e. The third-order valence-corrected chi connectivity index (χ3v) is 4.07. The summed E-state index contributed by atoms with van der Waals surface area (Å²) in [5.41, 5.74) is 1.14. The fraction of sp³-hybridized carbons (Fsp3) is 0.647. The van der Waals surface area contributed by atoms with Gasteiger partial charge in [0.25, 0.3) is 0 Å². The van der Waals surface area contributed by atoms with E-state index in [0.717, 1.165) is 37.7 Å². The molecule has 1 atom stereocenters. The maximum Gasteiger partial charge on any atom is 0.160 e. The molecule has 2 N–H and O–H groups in total. The largest absolute Gasteiger partial charge is 0.504 e. The molecule has 0 amide bonds. The van der Waals surface area contributed by atoms with E-state index in [0.29, 0.717) is 11.8 Å². The molecule has 0 spiro atoms. The molecule has 1 unspecified atom stereocenters. The lowest BCUT2D eigenvalue weighted by Gasteiger charge is -2.33. The number of hydrogen-bond acceptors (Lipinski definition) is 4. The lowest BCUT2D eigenvalue weighted by Crippen LogP contribution is -2.40. The Morgan fingerprint density at radius 1 is 1.43 bits per heavy atom. The summed E-state index contributed by atoms with van der Waals surface area (Å²) < 4.78 is 5.09. The number of phenolic OH excluding ortho intramolecular Hbond substituents is 1. The van der Waals surface area contributed by atoms with Crippen LogP contribution in [0.2, 0.25) is 0 Å². The second-order valence-electron chi connectivity index (χ2n) is 6.31. The van der Waals surface area contributed by atoms with Crippen LogP contribution in [0.5, 0.6) is 11.5 Å². The highest BCUT2D eigenvalue weighted by Crippen LogP contribution is 2.27. The van der Waals surface area contributed by atoms with Gasteiger partial charge in [-0.15, -0.1) is 0 Å². The Bertz CT molecular complexity index is 448. The fourth-order valence-corrected chi connectivity index (χ4v) is 2.96. The summed E-state index contributed by atoms with van der Waals surface area (Å²) in [5, 5.41) is 13.4. The Morgan fingerprint density at radius 2 is 2.24 bits per heavy atom. The summed E-state index contributed by atoms with van der Waals surface area (Å²) in [5.74, 6) is 1.49. The average Bonchev–Trinajstić information content (AvgIpc) is 2.46. The highest BCUT2D eigenvalue weighted by atomic mass is 16.5. The van der Waals surface area contributed by atoms with E-state index in [9.17, 15) is 5.11 Å². The molecular formula is C17H28N2O2. The van der Waals surface area contributed by atoms with Gasteiger partial charge in [0.2, 0.25) is 0 Å². The summed E-state index contributed by atoms with van der Waals surface area (Å²) in [6.45, 7) is 8.66. The number of nitrogens with one attached hydrogen (secondary N) is 1. The molecule has 4 heteroatoms. The fourth-order valence-electron chi connectivity index (χ4n) is 2.96. The minimum absolute atomic E-state index is 0.227. The van der Waals surface area contributed by atoms with Gasteiger partial charge in [-0.2, -0.15) is 0 Å². The van der Waals surface area contributed by atoms with Gasteiger partial charge in [-0.1, -0.05) is 19.9 Å². The molecule has 0 aromatic heterocycles. The Hall–Kier alpha value is -1.26. The molecule has 0 radical (unpaired) electrons. The molecule has 0 bridgehead atoms. The maximum atomic E-state index is 9.86. The summed E-state index contributed by atoms with van der Waals surface area (Å²) >= 11 is 0.